The van der Waals surface area contributed by atoms with E-state index in [-0.39, 0.29) is 45.9 Å². The van der Waals surface area contributed by atoms with Gasteiger partial charge in [0, 0.05) is 23.3 Å². The van der Waals surface area contributed by atoms with Gasteiger partial charge in [-0.05, 0) is 36.4 Å². The number of ether oxygens (including phenoxy) is 1. The van der Waals surface area contributed by atoms with E-state index < -0.39 is 40.9 Å². The number of aromatic nitrogens is 1. The van der Waals surface area contributed by atoms with Crippen molar-refractivity contribution in [2.45, 2.75) is 24.8 Å². The lowest BCUT2D eigenvalue weighted by Gasteiger charge is -2.49. The number of carboxylic acids is 1. The van der Waals surface area contributed by atoms with Crippen molar-refractivity contribution in [3.63, 3.8) is 0 Å². The maximum absolute atomic E-state index is 13.3. The summed E-state index contributed by atoms with van der Waals surface area (Å²) in [6, 6.07) is 0.509. The van der Waals surface area contributed by atoms with Crippen LogP contribution in [0.2, 0.25) is 0 Å². The van der Waals surface area contributed by atoms with Crippen molar-refractivity contribution in [3.05, 3.63) is 51.0 Å². The summed E-state index contributed by atoms with van der Waals surface area (Å²) < 4.78 is 5.07. The van der Waals surface area contributed by atoms with Gasteiger partial charge in [-0.1, -0.05) is 5.16 Å². The Balaban J connectivity index is 1.34. The number of hydrogen-bond acceptors (Lipinski definition) is 13. The van der Waals surface area contributed by atoms with Crippen molar-refractivity contribution in [1.82, 2.24) is 15.2 Å². The van der Waals surface area contributed by atoms with Crippen molar-refractivity contribution in [1.29, 1.82) is 0 Å². The van der Waals surface area contributed by atoms with Crippen molar-refractivity contribution in [3.8, 4) is 0 Å². The van der Waals surface area contributed by atoms with Crippen LogP contribution in [0, 0.1) is 0 Å². The van der Waals surface area contributed by atoms with Crippen molar-refractivity contribution < 1.29 is 39.0 Å². The Kier molecular flexibility index (Phi) is 7.83. The van der Waals surface area contributed by atoms with E-state index >= 15 is 0 Å². The molecule has 0 unspecified atom stereocenters. The zero-order chi connectivity index (χ0) is 29.4. The van der Waals surface area contributed by atoms with Crippen LogP contribution in [0.5, 0.6) is 0 Å². The summed E-state index contributed by atoms with van der Waals surface area (Å²) in [5, 5.41) is 27.7. The third-order valence-corrected chi connectivity index (χ3v) is 9.34. The number of thiazole rings is 1. The molecule has 2 fully saturated rings. The van der Waals surface area contributed by atoms with Crippen LogP contribution >= 0.6 is 34.4 Å². The molecule has 3 aliphatic heterocycles. The number of esters is 1. The standard InChI is InChI=1S/C24H22N6O8S3/c1-2-38-23(36)12-4-6-39-20(12)29-5-3-10(18(29)32)7-11-8-40-21-15(19(33)30(21)16(11)22(34)35)27-17(31)14(28-37)13-9-41-24(25)26-13/h4,6-7,9,15,21,37H,2-3,5,8H2,1H3,(H2,25,26)(H,27,31)(H,34,35)/b10-7+,28-14-/t15-,21-/m1/s1. The number of thioether (sulfide) groups is 1. The second-order valence-electron chi connectivity index (χ2n) is 8.80. The van der Waals surface area contributed by atoms with Crippen LogP contribution in [-0.4, -0.2) is 85.9 Å². The van der Waals surface area contributed by atoms with Gasteiger partial charge in [0.15, 0.2) is 10.8 Å². The molecule has 0 spiro atoms. The molecule has 5 heterocycles. The summed E-state index contributed by atoms with van der Waals surface area (Å²) in [5.74, 6) is -3.67. The highest BCUT2D eigenvalue weighted by Crippen LogP contribution is 2.42. The highest BCUT2D eigenvalue weighted by atomic mass is 32.2. The maximum Gasteiger partial charge on any atom is 0.352 e. The minimum Gasteiger partial charge on any atom is -0.477 e. The second-order valence-corrected chi connectivity index (χ2v) is 11.7. The SMILES string of the molecule is CCOC(=O)c1ccsc1N1CC/C(=C\C2=C(C(=O)O)N3C(=O)[C@@H](NC(=O)/C(=N\O)c4csc(N)n4)[C@H]3SC2)C1=O. The van der Waals surface area contributed by atoms with Crippen LogP contribution < -0.4 is 16.0 Å². The van der Waals surface area contributed by atoms with Crippen LogP contribution in [0.15, 0.2) is 44.9 Å². The number of nitrogens with one attached hydrogen (secondary N) is 1. The molecule has 0 radical (unpaired) electrons. The Hall–Kier alpha value is -4.22. The van der Waals surface area contributed by atoms with Gasteiger partial charge in [0.2, 0.25) is 0 Å². The fourth-order valence-corrected chi connectivity index (χ4v) is 7.37. The van der Waals surface area contributed by atoms with E-state index in [1.165, 1.54) is 39.5 Å². The molecule has 2 saturated heterocycles. The summed E-state index contributed by atoms with van der Waals surface area (Å²) >= 11 is 3.47. The second kappa shape index (κ2) is 11.3. The molecule has 2 aromatic rings. The third-order valence-electron chi connectivity index (χ3n) is 6.42. The number of nitrogens with zero attached hydrogens (tertiary/aromatic N) is 4. The number of carboxylic acid groups (broad SMARTS) is 1. The van der Waals surface area contributed by atoms with Crippen LogP contribution in [0.3, 0.4) is 0 Å². The molecule has 14 nitrogen and oxygen atoms in total. The first kappa shape index (κ1) is 28.3. The lowest BCUT2D eigenvalue weighted by atomic mass is 10.0. The lowest BCUT2D eigenvalue weighted by Crippen LogP contribution is -2.71. The zero-order valence-electron chi connectivity index (χ0n) is 21.2. The molecule has 0 saturated carbocycles. The van der Waals surface area contributed by atoms with E-state index in [1.807, 2.05) is 0 Å². The molecular weight excluding hydrogens is 596 g/mol. The number of allylic oxidation sites excluding steroid dienone is 1. The van der Waals surface area contributed by atoms with Gasteiger partial charge in [-0.25, -0.2) is 14.6 Å². The Bertz CT molecular complexity index is 1560. The Morgan fingerprint density at radius 1 is 1.32 bits per heavy atom. The predicted octanol–water partition coefficient (Wildman–Crippen LogP) is 1.24. The van der Waals surface area contributed by atoms with Gasteiger partial charge in [-0.2, -0.15) is 0 Å². The largest absolute Gasteiger partial charge is 0.477 e. The average molecular weight is 619 g/mol. The summed E-state index contributed by atoms with van der Waals surface area (Å²) in [6.07, 6.45) is 1.79. The number of nitrogens with two attached hydrogens (primary N) is 1. The van der Waals surface area contributed by atoms with Gasteiger partial charge in [0.1, 0.15) is 27.8 Å². The fourth-order valence-electron chi connectivity index (χ4n) is 4.60. The Morgan fingerprint density at radius 2 is 2.10 bits per heavy atom. The lowest BCUT2D eigenvalue weighted by molar-refractivity contribution is -0.150. The molecule has 41 heavy (non-hydrogen) atoms. The molecule has 214 valence electrons. The average Bonchev–Trinajstić information content (AvgIpc) is 3.68. The number of nitrogen functional groups attached to an aromatic ring is 1. The van der Waals surface area contributed by atoms with Crippen molar-refractivity contribution >= 4 is 79.9 Å². The number of amides is 3. The number of fused-ring (bicyclic) bond motifs is 1. The topological polar surface area (TPSA) is 205 Å². The van der Waals surface area contributed by atoms with E-state index in [1.54, 1.807) is 18.4 Å². The number of oxime groups is 1. The molecule has 0 bridgehead atoms. The van der Waals surface area contributed by atoms with Gasteiger partial charge in [-0.3, -0.25) is 24.2 Å². The summed E-state index contributed by atoms with van der Waals surface area (Å²) in [5.41, 5.74) is 5.77. The number of carbonyl (C=O) groups is 5. The van der Waals surface area contributed by atoms with Crippen LogP contribution in [0.25, 0.3) is 0 Å². The van der Waals surface area contributed by atoms with Gasteiger partial charge >= 0.3 is 11.9 Å². The number of aliphatic carboxylic acids is 1. The van der Waals surface area contributed by atoms with Crippen LogP contribution in [-0.2, 0) is 23.9 Å². The molecule has 0 aliphatic carbocycles. The van der Waals surface area contributed by atoms with E-state index in [9.17, 15) is 34.3 Å². The molecule has 2 atom stereocenters. The number of thiophene rings is 1. The highest BCUT2D eigenvalue weighted by molar-refractivity contribution is 8.00. The van der Waals surface area contributed by atoms with Crippen LogP contribution in [0.4, 0.5) is 10.1 Å². The first-order valence-corrected chi connectivity index (χ1v) is 14.9. The molecule has 2 aromatic heterocycles. The minimum absolute atomic E-state index is 0.0275. The highest BCUT2D eigenvalue weighted by Gasteiger charge is 2.54. The van der Waals surface area contributed by atoms with Gasteiger partial charge in [0.05, 0.1) is 12.2 Å². The fraction of sp³-hybridized carbons (Fsp3) is 0.292. The Labute approximate surface area is 244 Å². The number of hydrogen-bond donors (Lipinski definition) is 4. The number of β-lactam (4-membered cyclic amide) rings is 1. The summed E-state index contributed by atoms with van der Waals surface area (Å²) in [4.78, 5) is 70.0. The number of carbonyl (C=O) groups excluding carboxylic acids is 4. The predicted molar refractivity (Wildman–Crippen MR) is 150 cm³/mol. The van der Waals surface area contributed by atoms with E-state index in [4.69, 9.17) is 10.5 Å². The van der Waals surface area contributed by atoms with E-state index in [0.29, 0.717) is 23.5 Å². The monoisotopic (exact) mass is 618 g/mol. The summed E-state index contributed by atoms with van der Waals surface area (Å²) in [7, 11) is 0. The van der Waals surface area contributed by atoms with Crippen LogP contribution in [0.1, 0.15) is 29.4 Å². The van der Waals surface area contributed by atoms with E-state index in [2.05, 4.69) is 15.5 Å². The Morgan fingerprint density at radius 3 is 2.76 bits per heavy atom. The number of anilines is 2. The maximum atomic E-state index is 13.3. The summed E-state index contributed by atoms with van der Waals surface area (Å²) in [6.45, 7) is 2.17. The van der Waals surface area contributed by atoms with Gasteiger partial charge < -0.3 is 26.1 Å². The van der Waals surface area contributed by atoms with Gasteiger partial charge in [-0.15, -0.1) is 34.4 Å². The van der Waals surface area contributed by atoms with E-state index in [0.717, 1.165) is 16.2 Å². The molecule has 5 N–H and O–H groups in total. The van der Waals surface area contributed by atoms with Crippen molar-refractivity contribution in [2.24, 2.45) is 5.16 Å². The third kappa shape index (κ3) is 5.07. The van der Waals surface area contributed by atoms with Crippen molar-refractivity contribution in [2.75, 3.05) is 29.5 Å². The first-order chi connectivity index (χ1) is 19.7. The molecule has 3 aliphatic rings. The normalized spacial score (nSPS) is 21.7. The number of rotatable bonds is 8. The molecule has 5 rings (SSSR count). The zero-order valence-corrected chi connectivity index (χ0v) is 23.7. The molecular formula is C24H22N6O8S3. The molecule has 0 aromatic carbocycles. The van der Waals surface area contributed by atoms with Gasteiger partial charge in [0.25, 0.3) is 17.7 Å². The quantitative estimate of drug-likeness (QED) is 0.0827. The first-order valence-electron chi connectivity index (χ1n) is 12.1. The molecule has 17 heteroatoms. The molecule has 3 amide bonds. The smallest absolute Gasteiger partial charge is 0.352 e. The minimum atomic E-state index is -1.36.